The highest BCUT2D eigenvalue weighted by atomic mass is 32.1. The van der Waals surface area contributed by atoms with Crippen LogP contribution in [0.15, 0.2) is 12.3 Å². The summed E-state index contributed by atoms with van der Waals surface area (Å²) in [6.07, 6.45) is 1.10. The van der Waals surface area contributed by atoms with Crippen LogP contribution in [0, 0.1) is 0 Å². The Hall–Kier alpha value is -2.32. The first-order valence-electron chi connectivity index (χ1n) is 12.6. The number of carbonyl (C=O) groups is 1. The van der Waals surface area contributed by atoms with Crippen molar-refractivity contribution in [1.29, 1.82) is 0 Å². The van der Waals surface area contributed by atoms with E-state index in [0.717, 1.165) is 35.5 Å². The van der Waals surface area contributed by atoms with Gasteiger partial charge in [0, 0.05) is 50.4 Å². The topological polar surface area (TPSA) is 105 Å². The number of rotatable bonds is 7. The molecule has 0 spiro atoms. The van der Waals surface area contributed by atoms with Crippen LogP contribution in [-0.2, 0) is 11.7 Å². The van der Waals surface area contributed by atoms with E-state index in [1.54, 1.807) is 18.1 Å². The number of nitrogens with one attached hydrogen (secondary N) is 1. The largest absolute Gasteiger partial charge is 0.420 e. The highest BCUT2D eigenvalue weighted by molar-refractivity contribution is 7.16. The van der Waals surface area contributed by atoms with Crippen LogP contribution < -0.4 is 5.32 Å². The van der Waals surface area contributed by atoms with E-state index in [2.05, 4.69) is 15.3 Å². The zero-order chi connectivity index (χ0) is 26.4. The highest BCUT2D eigenvalue weighted by Gasteiger charge is 2.52. The number of alkyl halides is 3. The van der Waals surface area contributed by atoms with Crippen molar-refractivity contribution in [2.45, 2.75) is 62.7 Å². The van der Waals surface area contributed by atoms with Gasteiger partial charge in [0.15, 0.2) is 0 Å². The Kier molecular flexibility index (Phi) is 7.18. The van der Waals surface area contributed by atoms with Gasteiger partial charge < -0.3 is 15.3 Å². The molecule has 0 saturated carbocycles. The van der Waals surface area contributed by atoms with Crippen molar-refractivity contribution in [2.75, 3.05) is 38.6 Å². The Morgan fingerprint density at radius 3 is 2.70 bits per heavy atom. The van der Waals surface area contributed by atoms with Crippen LogP contribution in [0.3, 0.4) is 0 Å². The lowest BCUT2D eigenvalue weighted by molar-refractivity contribution is -0.232. The summed E-state index contributed by atoms with van der Waals surface area (Å²) < 4.78 is 42.0. The smallest absolute Gasteiger partial charge is 0.396 e. The van der Waals surface area contributed by atoms with Gasteiger partial charge in [0.2, 0.25) is 5.95 Å². The molecule has 202 valence electrons. The van der Waals surface area contributed by atoms with Crippen molar-refractivity contribution >= 4 is 23.2 Å². The van der Waals surface area contributed by atoms with Gasteiger partial charge in [-0.3, -0.25) is 10.0 Å². The predicted octanol–water partition coefficient (Wildman–Crippen LogP) is 3.94. The molecule has 0 radical (unpaired) electrons. The molecule has 3 aliphatic rings. The zero-order valence-corrected chi connectivity index (χ0v) is 21.4. The molecule has 1 atom stereocenters. The number of piperidine rings is 2. The number of amides is 1. The van der Waals surface area contributed by atoms with Crippen LogP contribution in [0.5, 0.6) is 0 Å². The first kappa shape index (κ1) is 26.3. The van der Waals surface area contributed by atoms with E-state index in [1.807, 2.05) is 4.90 Å². The van der Waals surface area contributed by atoms with Crippen LogP contribution in [0.4, 0.5) is 19.1 Å². The van der Waals surface area contributed by atoms with Crippen molar-refractivity contribution in [1.82, 2.24) is 25.0 Å². The Balaban J connectivity index is 1.48. The lowest BCUT2D eigenvalue weighted by Gasteiger charge is -2.42. The second-order valence-electron chi connectivity index (χ2n) is 9.94. The van der Waals surface area contributed by atoms with Gasteiger partial charge in [-0.15, -0.1) is 16.5 Å². The van der Waals surface area contributed by atoms with Crippen molar-refractivity contribution in [3.63, 3.8) is 0 Å². The van der Waals surface area contributed by atoms with Crippen LogP contribution in [0.25, 0.3) is 10.6 Å². The molecule has 37 heavy (non-hydrogen) atoms. The molecular weight excluding hydrogens is 509 g/mol. The number of carbonyl (C=O) groups excluding carboxylic acids is 1. The predicted molar refractivity (Wildman–Crippen MR) is 131 cm³/mol. The normalized spacial score (nSPS) is 23.0. The van der Waals surface area contributed by atoms with Crippen molar-refractivity contribution in [2.24, 2.45) is 0 Å². The van der Waals surface area contributed by atoms with E-state index in [4.69, 9.17) is 0 Å². The summed E-state index contributed by atoms with van der Waals surface area (Å²) in [5, 5.41) is 25.0. The molecule has 0 bridgehead atoms. The fourth-order valence-corrected chi connectivity index (χ4v) is 7.21. The molecule has 0 aromatic carbocycles. The molecule has 0 aliphatic carbocycles. The van der Waals surface area contributed by atoms with E-state index in [0.29, 0.717) is 55.8 Å². The number of hydrogen-bond acceptors (Lipinski definition) is 9. The third-order valence-corrected chi connectivity index (χ3v) is 8.99. The number of aliphatic hydroxyl groups is 1. The van der Waals surface area contributed by atoms with Gasteiger partial charge in [0.25, 0.3) is 5.91 Å². The number of nitrogens with zero attached hydrogens (tertiary/aromatic N) is 5. The summed E-state index contributed by atoms with van der Waals surface area (Å²) in [6.45, 7) is 1.78. The number of hydrazine groups is 1. The van der Waals surface area contributed by atoms with E-state index >= 15 is 0 Å². The number of hydrogen-bond donors (Lipinski definition) is 3. The number of thiophene rings is 1. The molecule has 2 aromatic rings. The van der Waals surface area contributed by atoms with Crippen LogP contribution in [-0.4, -0.2) is 80.6 Å². The molecule has 2 aromatic heterocycles. The first-order valence-corrected chi connectivity index (χ1v) is 13.4. The molecule has 1 amide bonds. The fraction of sp³-hybridized carbons (Fsp3) is 0.625. The molecule has 5 heterocycles. The van der Waals surface area contributed by atoms with Gasteiger partial charge >= 0.3 is 6.18 Å². The third kappa shape index (κ3) is 4.83. The fourth-order valence-electron chi connectivity index (χ4n) is 5.80. The second-order valence-corrected chi connectivity index (χ2v) is 11.0. The second kappa shape index (κ2) is 10.1. The minimum atomic E-state index is -4.66. The molecule has 13 heteroatoms. The summed E-state index contributed by atoms with van der Waals surface area (Å²) in [5.41, 5.74) is -1.30. The van der Waals surface area contributed by atoms with Gasteiger partial charge in [-0.2, -0.15) is 13.2 Å². The Bertz CT molecular complexity index is 1150. The number of aliphatic hydroxyl groups excluding tert-OH is 1. The van der Waals surface area contributed by atoms with Crippen LogP contribution >= 0.6 is 11.3 Å². The Morgan fingerprint density at radius 1 is 1.27 bits per heavy atom. The van der Waals surface area contributed by atoms with Crippen LogP contribution in [0.1, 0.15) is 65.7 Å². The summed E-state index contributed by atoms with van der Waals surface area (Å²) in [6, 6.07) is 1.51. The van der Waals surface area contributed by atoms with Crippen molar-refractivity contribution < 1.29 is 28.3 Å². The number of aromatic nitrogens is 2. The Morgan fingerprint density at radius 2 is 2.03 bits per heavy atom. The molecule has 3 N–H and O–H groups in total. The molecule has 9 nitrogen and oxygen atoms in total. The van der Waals surface area contributed by atoms with E-state index in [1.165, 1.54) is 11.3 Å². The summed E-state index contributed by atoms with van der Waals surface area (Å²) in [5.74, 6) is -0.0512. The van der Waals surface area contributed by atoms with E-state index in [-0.39, 0.29) is 30.2 Å². The standard InChI is InChI=1S/C24H31F3N6O3S/c1-31(36)32-10-5-15(6-11-32)29-22-28-14-17(24(25,26)27)19(30-22)18-13-16-20(37-18)23(8-4-12-34)7-2-3-9-33(23)21(16)35/h13-15,34,36H,2-12H2,1H3,(H,28,29,30). The maximum absolute atomic E-state index is 14.0. The van der Waals surface area contributed by atoms with Crippen LogP contribution in [0.2, 0.25) is 0 Å². The highest BCUT2D eigenvalue weighted by Crippen LogP contribution is 2.53. The van der Waals surface area contributed by atoms with Gasteiger partial charge in [0.1, 0.15) is 5.56 Å². The minimum absolute atomic E-state index is 0.00989. The Labute approximate surface area is 216 Å². The average molecular weight is 541 g/mol. The minimum Gasteiger partial charge on any atom is -0.396 e. The number of hydroxylamine groups is 1. The molecular formula is C24H31F3N6O3S. The summed E-state index contributed by atoms with van der Waals surface area (Å²) in [7, 11) is 1.54. The monoisotopic (exact) mass is 540 g/mol. The molecule has 1 unspecified atom stereocenters. The number of fused-ring (bicyclic) bond motifs is 3. The van der Waals surface area contributed by atoms with E-state index in [9.17, 15) is 28.3 Å². The van der Waals surface area contributed by atoms with Gasteiger partial charge in [-0.05, 0) is 51.0 Å². The lowest BCUT2D eigenvalue weighted by Crippen LogP contribution is -2.47. The van der Waals surface area contributed by atoms with E-state index < -0.39 is 17.3 Å². The molecule has 5 rings (SSSR count). The summed E-state index contributed by atoms with van der Waals surface area (Å²) in [4.78, 5) is 24.5. The van der Waals surface area contributed by atoms with Gasteiger partial charge in [-0.25, -0.2) is 15.0 Å². The maximum Gasteiger partial charge on any atom is 0.420 e. The quantitative estimate of drug-likeness (QED) is 0.454. The summed E-state index contributed by atoms with van der Waals surface area (Å²) >= 11 is 1.20. The van der Waals surface area contributed by atoms with Crippen molar-refractivity contribution in [3.8, 4) is 10.6 Å². The molecule has 3 aliphatic heterocycles. The molecule has 2 fully saturated rings. The van der Waals surface area contributed by atoms with Crippen molar-refractivity contribution in [3.05, 3.63) is 28.3 Å². The van der Waals surface area contributed by atoms with Gasteiger partial charge in [-0.1, -0.05) is 0 Å². The zero-order valence-electron chi connectivity index (χ0n) is 20.6. The average Bonchev–Trinajstić information content (AvgIpc) is 3.41. The third-order valence-electron chi connectivity index (χ3n) is 7.66. The maximum atomic E-state index is 14.0. The molecule has 2 saturated heterocycles. The van der Waals surface area contributed by atoms with Gasteiger partial charge in [0.05, 0.1) is 21.7 Å². The number of anilines is 1. The number of halogens is 3. The lowest BCUT2D eigenvalue weighted by atomic mass is 9.83. The SMILES string of the molecule is CN(O)N1CCC(Nc2ncc(C(F)(F)F)c(-c3cc4c(s3)C3(CCCO)CCCCN3C4=O)n2)CC1. The first-order chi connectivity index (χ1) is 17.6.